The van der Waals surface area contributed by atoms with E-state index >= 15 is 0 Å². The maximum Gasteiger partial charge on any atom is 0.331 e. The molecule has 6 heteroatoms. The molecule has 0 N–H and O–H groups in total. The third kappa shape index (κ3) is 3.61. The van der Waals surface area contributed by atoms with E-state index in [2.05, 4.69) is 4.98 Å². The molecule has 1 aromatic heterocycles. The quantitative estimate of drug-likeness (QED) is 0.511. The van der Waals surface area contributed by atoms with Gasteiger partial charge >= 0.3 is 5.97 Å². The Morgan fingerprint density at radius 1 is 1.19 bits per heavy atom. The van der Waals surface area contributed by atoms with Gasteiger partial charge in [0.15, 0.2) is 6.10 Å². The SMILES string of the molecule is CC(OC(=O)C=Cc1nc2ccccc2s1)C(=O)N1CCc2ccccc21. The first-order chi connectivity index (χ1) is 13.1. The number of rotatable bonds is 4. The van der Waals surface area contributed by atoms with Gasteiger partial charge in [-0.2, -0.15) is 0 Å². The summed E-state index contributed by atoms with van der Waals surface area (Å²) in [5, 5.41) is 0.723. The maximum absolute atomic E-state index is 12.6. The van der Waals surface area contributed by atoms with E-state index < -0.39 is 12.1 Å². The number of ether oxygens (including phenoxy) is 1. The average Bonchev–Trinajstić information content (AvgIpc) is 3.29. The summed E-state index contributed by atoms with van der Waals surface area (Å²) in [7, 11) is 0. The van der Waals surface area contributed by atoms with Crippen molar-refractivity contribution in [1.29, 1.82) is 0 Å². The number of hydrogen-bond acceptors (Lipinski definition) is 5. The van der Waals surface area contributed by atoms with E-state index in [1.807, 2.05) is 48.5 Å². The van der Waals surface area contributed by atoms with Crippen molar-refractivity contribution in [2.75, 3.05) is 11.4 Å². The van der Waals surface area contributed by atoms with Crippen LogP contribution in [0.25, 0.3) is 16.3 Å². The summed E-state index contributed by atoms with van der Waals surface area (Å²) in [6, 6.07) is 15.6. The minimum absolute atomic E-state index is 0.207. The van der Waals surface area contributed by atoms with Gasteiger partial charge in [0.25, 0.3) is 5.91 Å². The molecule has 3 aromatic rings. The molecule has 0 bridgehead atoms. The van der Waals surface area contributed by atoms with Gasteiger partial charge in [0, 0.05) is 18.3 Å². The summed E-state index contributed by atoms with van der Waals surface area (Å²) in [6.45, 7) is 2.22. The lowest BCUT2D eigenvalue weighted by Crippen LogP contribution is -2.38. The van der Waals surface area contributed by atoms with Crippen molar-refractivity contribution in [3.05, 3.63) is 65.2 Å². The van der Waals surface area contributed by atoms with Crippen LogP contribution in [0.15, 0.2) is 54.6 Å². The van der Waals surface area contributed by atoms with Gasteiger partial charge in [0.05, 0.1) is 10.2 Å². The van der Waals surface area contributed by atoms with Crippen LogP contribution in [0.1, 0.15) is 17.5 Å². The molecule has 2 aromatic carbocycles. The largest absolute Gasteiger partial charge is 0.449 e. The second-order valence-electron chi connectivity index (χ2n) is 6.30. The number of carbonyl (C=O) groups excluding carboxylic acids is 2. The highest BCUT2D eigenvalue weighted by atomic mass is 32.1. The predicted molar refractivity (Wildman–Crippen MR) is 107 cm³/mol. The fraction of sp³-hybridized carbons (Fsp3) is 0.190. The highest BCUT2D eigenvalue weighted by molar-refractivity contribution is 7.19. The molecule has 0 spiro atoms. The van der Waals surface area contributed by atoms with Gasteiger partial charge in [0.1, 0.15) is 5.01 Å². The number of thiazole rings is 1. The standard InChI is InChI=1S/C21H18N2O3S/c1-14(21(25)23-13-12-15-6-2-4-8-17(15)23)26-20(24)11-10-19-22-16-7-3-5-9-18(16)27-19/h2-11,14H,12-13H2,1H3. The molecule has 1 amide bonds. The molecule has 1 aliphatic rings. The average molecular weight is 378 g/mol. The van der Waals surface area contributed by atoms with Crippen LogP contribution < -0.4 is 4.90 Å². The highest BCUT2D eigenvalue weighted by Crippen LogP contribution is 2.28. The zero-order chi connectivity index (χ0) is 18.8. The number of esters is 1. The first-order valence-corrected chi connectivity index (χ1v) is 9.57. The third-order valence-electron chi connectivity index (χ3n) is 4.47. The van der Waals surface area contributed by atoms with E-state index in [4.69, 9.17) is 4.74 Å². The summed E-state index contributed by atoms with van der Waals surface area (Å²) >= 11 is 1.50. The number of fused-ring (bicyclic) bond motifs is 2. The van der Waals surface area contributed by atoms with Crippen LogP contribution >= 0.6 is 11.3 Å². The lowest BCUT2D eigenvalue weighted by Gasteiger charge is -2.21. The summed E-state index contributed by atoms with van der Waals surface area (Å²) < 4.78 is 6.35. The van der Waals surface area contributed by atoms with Gasteiger partial charge in [-0.15, -0.1) is 11.3 Å². The van der Waals surface area contributed by atoms with Gasteiger partial charge in [-0.1, -0.05) is 30.3 Å². The van der Waals surface area contributed by atoms with Crippen LogP contribution in [-0.4, -0.2) is 29.5 Å². The number of carbonyl (C=O) groups is 2. The third-order valence-corrected chi connectivity index (χ3v) is 5.47. The van der Waals surface area contributed by atoms with Crippen LogP contribution in [0, 0.1) is 0 Å². The number of anilines is 1. The second kappa shape index (κ2) is 7.32. The Hall–Kier alpha value is -2.99. The van der Waals surface area contributed by atoms with Crippen LogP contribution in [0.5, 0.6) is 0 Å². The molecule has 4 rings (SSSR count). The first kappa shape index (κ1) is 17.4. The van der Waals surface area contributed by atoms with Crippen molar-refractivity contribution in [3.63, 3.8) is 0 Å². The van der Waals surface area contributed by atoms with Crippen molar-refractivity contribution in [2.45, 2.75) is 19.4 Å². The highest BCUT2D eigenvalue weighted by Gasteiger charge is 2.29. The molecule has 0 saturated heterocycles. The van der Waals surface area contributed by atoms with E-state index in [1.54, 1.807) is 17.9 Å². The summed E-state index contributed by atoms with van der Waals surface area (Å²) in [6.07, 6.45) is 2.91. The van der Waals surface area contributed by atoms with E-state index in [0.717, 1.165) is 32.9 Å². The number of hydrogen-bond donors (Lipinski definition) is 0. The van der Waals surface area contributed by atoms with E-state index in [0.29, 0.717) is 6.54 Å². The summed E-state index contributed by atoms with van der Waals surface area (Å²) in [5.41, 5.74) is 2.93. The minimum Gasteiger partial charge on any atom is -0.449 e. The van der Waals surface area contributed by atoms with Crippen molar-refractivity contribution >= 4 is 45.2 Å². The Morgan fingerprint density at radius 2 is 1.96 bits per heavy atom. The molecule has 1 aliphatic heterocycles. The zero-order valence-electron chi connectivity index (χ0n) is 14.8. The number of aromatic nitrogens is 1. The van der Waals surface area contributed by atoms with Gasteiger partial charge in [-0.3, -0.25) is 4.79 Å². The monoisotopic (exact) mass is 378 g/mol. The van der Waals surface area contributed by atoms with Gasteiger partial charge in [0.2, 0.25) is 0 Å². The molecular formula is C21H18N2O3S. The Balaban J connectivity index is 1.39. The van der Waals surface area contributed by atoms with Crippen LogP contribution in [-0.2, 0) is 20.7 Å². The molecule has 1 unspecified atom stereocenters. The van der Waals surface area contributed by atoms with E-state index in [-0.39, 0.29) is 5.91 Å². The molecule has 1 atom stereocenters. The summed E-state index contributed by atoms with van der Waals surface area (Å²) in [4.78, 5) is 30.9. The fourth-order valence-corrected chi connectivity index (χ4v) is 4.02. The first-order valence-electron chi connectivity index (χ1n) is 8.75. The van der Waals surface area contributed by atoms with Crippen molar-refractivity contribution < 1.29 is 14.3 Å². The molecule has 5 nitrogen and oxygen atoms in total. The molecule has 2 heterocycles. The Labute approximate surface area is 160 Å². The number of benzene rings is 2. The van der Waals surface area contributed by atoms with Crippen LogP contribution in [0.4, 0.5) is 5.69 Å². The molecule has 0 aliphatic carbocycles. The lowest BCUT2D eigenvalue weighted by molar-refractivity contribution is -0.149. The zero-order valence-corrected chi connectivity index (χ0v) is 15.6. The molecule has 27 heavy (non-hydrogen) atoms. The van der Waals surface area contributed by atoms with Crippen LogP contribution in [0.3, 0.4) is 0 Å². The molecule has 0 radical (unpaired) electrons. The molecular weight excluding hydrogens is 360 g/mol. The van der Waals surface area contributed by atoms with Crippen LogP contribution in [0.2, 0.25) is 0 Å². The number of para-hydroxylation sites is 2. The lowest BCUT2D eigenvalue weighted by atomic mass is 10.2. The normalized spacial score (nSPS) is 14.5. The Kier molecular flexibility index (Phi) is 4.73. The number of amides is 1. The minimum atomic E-state index is -0.844. The van der Waals surface area contributed by atoms with Crippen molar-refractivity contribution in [2.24, 2.45) is 0 Å². The topological polar surface area (TPSA) is 59.5 Å². The summed E-state index contributed by atoms with van der Waals surface area (Å²) in [5.74, 6) is -0.760. The molecule has 136 valence electrons. The van der Waals surface area contributed by atoms with Gasteiger partial charge in [-0.05, 0) is 43.2 Å². The fourth-order valence-electron chi connectivity index (χ4n) is 3.15. The van der Waals surface area contributed by atoms with E-state index in [1.165, 1.54) is 17.4 Å². The second-order valence-corrected chi connectivity index (χ2v) is 7.36. The molecule has 0 saturated carbocycles. The smallest absolute Gasteiger partial charge is 0.331 e. The van der Waals surface area contributed by atoms with E-state index in [9.17, 15) is 9.59 Å². The number of nitrogens with zero attached hydrogens (tertiary/aromatic N) is 2. The Bertz CT molecular complexity index is 1010. The maximum atomic E-state index is 12.6. The van der Waals surface area contributed by atoms with Crippen molar-refractivity contribution in [1.82, 2.24) is 4.98 Å². The predicted octanol–water partition coefficient (Wildman–Crippen LogP) is 3.83. The molecule has 0 fully saturated rings. The van der Waals surface area contributed by atoms with Crippen molar-refractivity contribution in [3.8, 4) is 0 Å². The van der Waals surface area contributed by atoms with Gasteiger partial charge in [-0.25, -0.2) is 9.78 Å². The Morgan fingerprint density at radius 3 is 2.81 bits per heavy atom. The van der Waals surface area contributed by atoms with Gasteiger partial charge < -0.3 is 9.64 Å².